The van der Waals surface area contributed by atoms with E-state index in [0.29, 0.717) is 16.0 Å². The van der Waals surface area contributed by atoms with Gasteiger partial charge in [0.2, 0.25) is 0 Å². The van der Waals surface area contributed by atoms with E-state index in [1.807, 2.05) is 0 Å². The fraction of sp³-hybridized carbons (Fsp3) is 0.462. The molecule has 6 heteroatoms. The predicted octanol–water partition coefficient (Wildman–Crippen LogP) is 2.74. The van der Waals surface area contributed by atoms with Gasteiger partial charge >= 0.3 is 0 Å². The molecule has 106 valence electrons. The van der Waals surface area contributed by atoms with Crippen molar-refractivity contribution >= 4 is 34.2 Å². The maximum atomic E-state index is 13.2. The molecule has 1 aliphatic heterocycles. The SMILES string of the molecule is CC1CNCCC1NC(=O)c1cc(F)ccc1Br.Cl. The summed E-state index contributed by atoms with van der Waals surface area (Å²) >= 11 is 3.27. The number of hydrogen-bond acceptors (Lipinski definition) is 2. The van der Waals surface area contributed by atoms with Crippen molar-refractivity contribution in [3.05, 3.63) is 34.1 Å². The quantitative estimate of drug-likeness (QED) is 0.860. The molecule has 2 N–H and O–H groups in total. The highest BCUT2D eigenvalue weighted by Crippen LogP contribution is 2.19. The van der Waals surface area contributed by atoms with Crippen LogP contribution in [0.5, 0.6) is 0 Å². The van der Waals surface area contributed by atoms with Crippen molar-refractivity contribution in [2.75, 3.05) is 13.1 Å². The zero-order valence-electron chi connectivity index (χ0n) is 10.6. The molecule has 1 saturated heterocycles. The minimum atomic E-state index is -0.401. The fourth-order valence-corrected chi connectivity index (χ4v) is 2.57. The van der Waals surface area contributed by atoms with Gasteiger partial charge in [-0.05, 0) is 59.6 Å². The third-order valence-electron chi connectivity index (χ3n) is 3.27. The average Bonchev–Trinajstić information content (AvgIpc) is 2.35. The summed E-state index contributed by atoms with van der Waals surface area (Å²) in [6.07, 6.45) is 0.903. The summed E-state index contributed by atoms with van der Waals surface area (Å²) in [5.41, 5.74) is 0.348. The lowest BCUT2D eigenvalue weighted by molar-refractivity contribution is 0.0913. The van der Waals surface area contributed by atoms with Gasteiger partial charge in [-0.2, -0.15) is 0 Å². The van der Waals surface area contributed by atoms with E-state index >= 15 is 0 Å². The standard InChI is InChI=1S/C13H16BrFN2O.ClH/c1-8-7-16-5-4-12(8)17-13(18)10-6-9(15)2-3-11(10)14;/h2-3,6,8,12,16H,4-5,7H2,1H3,(H,17,18);1H. The summed E-state index contributed by atoms with van der Waals surface area (Å²) in [5.74, 6) is -0.239. The van der Waals surface area contributed by atoms with Gasteiger partial charge in [-0.3, -0.25) is 4.79 Å². The number of piperidine rings is 1. The van der Waals surface area contributed by atoms with Crippen LogP contribution in [0.4, 0.5) is 4.39 Å². The molecule has 19 heavy (non-hydrogen) atoms. The van der Waals surface area contributed by atoms with Gasteiger partial charge in [-0.1, -0.05) is 6.92 Å². The molecule has 2 unspecified atom stereocenters. The van der Waals surface area contributed by atoms with Crippen molar-refractivity contribution < 1.29 is 9.18 Å². The molecule has 2 rings (SSSR count). The van der Waals surface area contributed by atoms with Crippen molar-refractivity contribution in [1.82, 2.24) is 10.6 Å². The Morgan fingerprint density at radius 3 is 2.95 bits per heavy atom. The molecule has 0 aromatic heterocycles. The van der Waals surface area contributed by atoms with Gasteiger partial charge in [-0.25, -0.2) is 4.39 Å². The Bertz CT molecular complexity index is 458. The summed E-state index contributed by atoms with van der Waals surface area (Å²) in [6.45, 7) is 3.90. The first-order valence-electron chi connectivity index (χ1n) is 6.04. The Hall–Kier alpha value is -0.650. The lowest BCUT2D eigenvalue weighted by atomic mass is 9.95. The summed E-state index contributed by atoms with van der Waals surface area (Å²) in [7, 11) is 0. The van der Waals surface area contributed by atoms with Crippen molar-refractivity contribution in [2.45, 2.75) is 19.4 Å². The minimum Gasteiger partial charge on any atom is -0.349 e. The van der Waals surface area contributed by atoms with E-state index in [9.17, 15) is 9.18 Å². The van der Waals surface area contributed by atoms with E-state index in [0.717, 1.165) is 19.5 Å². The molecule has 2 atom stereocenters. The highest BCUT2D eigenvalue weighted by molar-refractivity contribution is 9.10. The largest absolute Gasteiger partial charge is 0.349 e. The van der Waals surface area contributed by atoms with E-state index in [1.165, 1.54) is 12.1 Å². The molecule has 1 aromatic carbocycles. The van der Waals surface area contributed by atoms with Crippen LogP contribution >= 0.6 is 28.3 Å². The highest BCUT2D eigenvalue weighted by Gasteiger charge is 2.23. The van der Waals surface area contributed by atoms with Gasteiger partial charge < -0.3 is 10.6 Å². The highest BCUT2D eigenvalue weighted by atomic mass is 79.9. The maximum Gasteiger partial charge on any atom is 0.252 e. The summed E-state index contributed by atoms with van der Waals surface area (Å²) < 4.78 is 13.8. The van der Waals surface area contributed by atoms with E-state index in [-0.39, 0.29) is 24.4 Å². The van der Waals surface area contributed by atoms with E-state index in [2.05, 4.69) is 33.5 Å². The lowest BCUT2D eigenvalue weighted by Crippen LogP contribution is -2.48. The first kappa shape index (κ1) is 16.4. The number of amides is 1. The van der Waals surface area contributed by atoms with Crippen molar-refractivity contribution in [3.63, 3.8) is 0 Å². The second-order valence-electron chi connectivity index (χ2n) is 4.67. The number of benzene rings is 1. The van der Waals surface area contributed by atoms with Crippen LogP contribution in [-0.2, 0) is 0 Å². The Kier molecular flexibility index (Phi) is 6.23. The zero-order valence-corrected chi connectivity index (χ0v) is 13.0. The predicted molar refractivity (Wildman–Crippen MR) is 79.3 cm³/mol. The third kappa shape index (κ3) is 4.16. The van der Waals surface area contributed by atoms with Gasteiger partial charge in [-0.15, -0.1) is 12.4 Å². The minimum absolute atomic E-state index is 0. The monoisotopic (exact) mass is 350 g/mol. The van der Waals surface area contributed by atoms with Crippen LogP contribution in [0.1, 0.15) is 23.7 Å². The molecular weight excluding hydrogens is 335 g/mol. The van der Waals surface area contributed by atoms with Crippen LogP contribution in [0.3, 0.4) is 0 Å². The van der Waals surface area contributed by atoms with Crippen molar-refractivity contribution in [2.24, 2.45) is 5.92 Å². The Morgan fingerprint density at radius 2 is 2.26 bits per heavy atom. The molecule has 1 aromatic rings. The second-order valence-corrected chi connectivity index (χ2v) is 5.53. The summed E-state index contributed by atoms with van der Waals surface area (Å²) in [4.78, 5) is 12.1. The first-order chi connectivity index (χ1) is 8.58. The Balaban J connectivity index is 0.00000180. The topological polar surface area (TPSA) is 41.1 Å². The molecule has 0 saturated carbocycles. The number of hydrogen-bond donors (Lipinski definition) is 2. The average molecular weight is 352 g/mol. The van der Waals surface area contributed by atoms with E-state index in [4.69, 9.17) is 0 Å². The van der Waals surface area contributed by atoms with Crippen molar-refractivity contribution in [3.8, 4) is 0 Å². The fourth-order valence-electron chi connectivity index (χ4n) is 2.15. The first-order valence-corrected chi connectivity index (χ1v) is 6.84. The number of carbonyl (C=O) groups is 1. The lowest BCUT2D eigenvalue weighted by Gasteiger charge is -2.30. The van der Waals surface area contributed by atoms with Gasteiger partial charge in [0.25, 0.3) is 5.91 Å². The molecule has 1 aliphatic rings. The number of halogens is 3. The molecule has 1 amide bonds. The van der Waals surface area contributed by atoms with Crippen LogP contribution in [0.25, 0.3) is 0 Å². The van der Waals surface area contributed by atoms with Gasteiger partial charge in [0.1, 0.15) is 5.82 Å². The molecule has 0 aliphatic carbocycles. The summed E-state index contributed by atoms with van der Waals surface area (Å²) in [6, 6.07) is 4.28. The molecule has 0 spiro atoms. The third-order valence-corrected chi connectivity index (χ3v) is 3.97. The normalized spacial score (nSPS) is 22.5. The molecule has 0 radical (unpaired) electrons. The Labute approximate surface area is 126 Å². The van der Waals surface area contributed by atoms with E-state index < -0.39 is 5.82 Å². The second kappa shape index (κ2) is 7.22. The molecule has 1 fully saturated rings. The molecular formula is C13H17BrClFN2O. The van der Waals surface area contributed by atoms with Gasteiger partial charge in [0.05, 0.1) is 5.56 Å². The molecule has 1 heterocycles. The van der Waals surface area contributed by atoms with E-state index in [1.54, 1.807) is 6.07 Å². The van der Waals surface area contributed by atoms with Crippen LogP contribution in [0.2, 0.25) is 0 Å². The zero-order chi connectivity index (χ0) is 13.1. The van der Waals surface area contributed by atoms with Gasteiger partial charge in [0.15, 0.2) is 0 Å². The van der Waals surface area contributed by atoms with Crippen LogP contribution < -0.4 is 10.6 Å². The van der Waals surface area contributed by atoms with Crippen LogP contribution in [0, 0.1) is 11.7 Å². The van der Waals surface area contributed by atoms with Crippen molar-refractivity contribution in [1.29, 1.82) is 0 Å². The number of nitrogens with one attached hydrogen (secondary N) is 2. The molecule has 0 bridgehead atoms. The van der Waals surface area contributed by atoms with Crippen LogP contribution in [-0.4, -0.2) is 25.0 Å². The smallest absolute Gasteiger partial charge is 0.252 e. The summed E-state index contributed by atoms with van der Waals surface area (Å²) in [5, 5.41) is 6.25. The number of rotatable bonds is 2. The maximum absolute atomic E-state index is 13.2. The van der Waals surface area contributed by atoms with Crippen LogP contribution in [0.15, 0.2) is 22.7 Å². The Morgan fingerprint density at radius 1 is 1.53 bits per heavy atom. The van der Waals surface area contributed by atoms with Gasteiger partial charge in [0, 0.05) is 10.5 Å². The molecule has 3 nitrogen and oxygen atoms in total. The number of carbonyl (C=O) groups excluding carboxylic acids is 1.